The van der Waals surface area contributed by atoms with Gasteiger partial charge in [0, 0.05) is 13.1 Å². The van der Waals surface area contributed by atoms with Crippen LogP contribution in [0, 0.1) is 0 Å². The van der Waals surface area contributed by atoms with Crippen LogP contribution in [0.25, 0.3) is 0 Å². The Labute approximate surface area is 73.9 Å². The number of aldehydes is 1. The molecule has 13 heavy (non-hydrogen) atoms. The maximum absolute atomic E-state index is 11.9. The normalized spacial score (nSPS) is 10.5. The summed E-state index contributed by atoms with van der Waals surface area (Å²) in [6.45, 7) is -0.411. The first-order chi connectivity index (χ1) is 6.13. The molecule has 0 aliphatic carbocycles. The van der Waals surface area contributed by atoms with E-state index in [2.05, 4.69) is 0 Å². The molecule has 0 saturated heterocycles. The maximum atomic E-state index is 11.9. The molecule has 0 saturated carbocycles. The van der Waals surface area contributed by atoms with Crippen molar-refractivity contribution in [3.05, 3.63) is 17.9 Å². The fourth-order valence-electron chi connectivity index (χ4n) is 0.908. The number of rotatable bonds is 4. The lowest BCUT2D eigenvalue weighted by Gasteiger charge is -2.14. The van der Waals surface area contributed by atoms with Gasteiger partial charge in [-0.3, -0.25) is 4.79 Å². The number of halogens is 2. The minimum Gasteiger partial charge on any atom is -0.438 e. The van der Waals surface area contributed by atoms with E-state index in [4.69, 9.17) is 4.42 Å². The summed E-state index contributed by atoms with van der Waals surface area (Å²) < 4.78 is 28.7. The molecule has 0 amide bonds. The van der Waals surface area contributed by atoms with Crippen LogP contribution in [0.5, 0.6) is 0 Å². The second-order valence-corrected chi connectivity index (χ2v) is 2.57. The fraction of sp³-hybridized carbons (Fsp3) is 0.375. The number of carbonyl (C=O) groups is 1. The highest BCUT2D eigenvalue weighted by Crippen LogP contribution is 2.16. The van der Waals surface area contributed by atoms with E-state index in [0.717, 1.165) is 0 Å². The van der Waals surface area contributed by atoms with E-state index in [0.29, 0.717) is 6.29 Å². The van der Waals surface area contributed by atoms with Crippen LogP contribution < -0.4 is 4.90 Å². The van der Waals surface area contributed by atoms with Gasteiger partial charge in [0.25, 0.3) is 6.43 Å². The number of furan rings is 1. The molecule has 0 aliphatic rings. The van der Waals surface area contributed by atoms with Crippen molar-refractivity contribution in [3.8, 4) is 0 Å². The summed E-state index contributed by atoms with van der Waals surface area (Å²) >= 11 is 0. The van der Waals surface area contributed by atoms with E-state index in [9.17, 15) is 13.6 Å². The van der Waals surface area contributed by atoms with E-state index in [-0.39, 0.29) is 11.6 Å². The fourth-order valence-corrected chi connectivity index (χ4v) is 0.908. The molecule has 0 atom stereocenters. The standard InChI is InChI=1S/C8H9F2NO2/c1-11(4-7(9)10)8-3-2-6(5-12)13-8/h2-3,5,7H,4H2,1H3. The first kappa shape index (κ1) is 9.70. The molecule has 1 rings (SSSR count). The van der Waals surface area contributed by atoms with Crippen LogP contribution in [0.1, 0.15) is 10.6 Å². The Bertz CT molecular complexity index is 285. The molecule has 0 aromatic carbocycles. The van der Waals surface area contributed by atoms with Gasteiger partial charge in [-0.05, 0) is 6.07 Å². The Morgan fingerprint density at radius 1 is 1.62 bits per heavy atom. The molecule has 0 bridgehead atoms. The molecule has 3 nitrogen and oxygen atoms in total. The average molecular weight is 189 g/mol. The molecule has 0 fully saturated rings. The lowest BCUT2D eigenvalue weighted by Crippen LogP contribution is -2.23. The molecular weight excluding hydrogens is 180 g/mol. The van der Waals surface area contributed by atoms with Crippen molar-refractivity contribution >= 4 is 12.2 Å². The van der Waals surface area contributed by atoms with Gasteiger partial charge in [0.1, 0.15) is 0 Å². The van der Waals surface area contributed by atoms with E-state index >= 15 is 0 Å². The number of carbonyl (C=O) groups excluding carboxylic acids is 1. The van der Waals surface area contributed by atoms with Crippen molar-refractivity contribution in [1.82, 2.24) is 0 Å². The van der Waals surface area contributed by atoms with Crippen molar-refractivity contribution in [2.24, 2.45) is 0 Å². The lowest BCUT2D eigenvalue weighted by atomic mass is 10.5. The summed E-state index contributed by atoms with van der Waals surface area (Å²) in [5.41, 5.74) is 0. The topological polar surface area (TPSA) is 33.5 Å². The van der Waals surface area contributed by atoms with E-state index in [1.807, 2.05) is 0 Å². The third-order valence-corrected chi connectivity index (χ3v) is 1.52. The van der Waals surface area contributed by atoms with Crippen molar-refractivity contribution in [3.63, 3.8) is 0 Å². The van der Waals surface area contributed by atoms with Crippen LogP contribution in [0.15, 0.2) is 16.5 Å². The number of hydrogen-bond donors (Lipinski definition) is 0. The van der Waals surface area contributed by atoms with E-state index in [1.165, 1.54) is 24.1 Å². The number of alkyl halides is 2. The van der Waals surface area contributed by atoms with Crippen LogP contribution in [-0.2, 0) is 0 Å². The van der Waals surface area contributed by atoms with Gasteiger partial charge in [-0.15, -0.1) is 0 Å². The number of nitrogens with zero attached hydrogens (tertiary/aromatic N) is 1. The highest BCUT2D eigenvalue weighted by molar-refractivity contribution is 5.71. The Kier molecular flexibility index (Phi) is 3.00. The third kappa shape index (κ3) is 2.54. The third-order valence-electron chi connectivity index (χ3n) is 1.52. The van der Waals surface area contributed by atoms with Gasteiger partial charge in [0.05, 0.1) is 6.54 Å². The first-order valence-corrected chi connectivity index (χ1v) is 3.68. The molecule has 0 aliphatic heterocycles. The zero-order chi connectivity index (χ0) is 9.84. The predicted molar refractivity (Wildman–Crippen MR) is 43.4 cm³/mol. The Morgan fingerprint density at radius 3 is 2.77 bits per heavy atom. The van der Waals surface area contributed by atoms with Gasteiger partial charge in [-0.2, -0.15) is 0 Å². The second kappa shape index (κ2) is 4.02. The molecule has 5 heteroatoms. The van der Waals surface area contributed by atoms with E-state index in [1.54, 1.807) is 0 Å². The summed E-state index contributed by atoms with van der Waals surface area (Å²) in [5, 5.41) is 0. The average Bonchev–Trinajstić information content (AvgIpc) is 2.50. The predicted octanol–water partition coefficient (Wildman–Crippen LogP) is 1.79. The maximum Gasteiger partial charge on any atom is 0.255 e. The molecule has 1 aromatic rings. The van der Waals surface area contributed by atoms with Crippen LogP contribution in [0.2, 0.25) is 0 Å². The molecular formula is C8H9F2NO2. The van der Waals surface area contributed by atoms with Crippen molar-refractivity contribution < 1.29 is 18.0 Å². The largest absolute Gasteiger partial charge is 0.438 e. The monoisotopic (exact) mass is 189 g/mol. The molecule has 0 unspecified atom stereocenters. The molecule has 1 heterocycles. The van der Waals surface area contributed by atoms with Gasteiger partial charge in [0.2, 0.25) is 0 Å². The van der Waals surface area contributed by atoms with Crippen LogP contribution in [-0.4, -0.2) is 26.3 Å². The minimum atomic E-state index is -2.42. The first-order valence-electron chi connectivity index (χ1n) is 3.68. The van der Waals surface area contributed by atoms with E-state index < -0.39 is 13.0 Å². The Morgan fingerprint density at radius 2 is 2.31 bits per heavy atom. The van der Waals surface area contributed by atoms with Crippen molar-refractivity contribution in [1.29, 1.82) is 0 Å². The van der Waals surface area contributed by atoms with Crippen LogP contribution >= 0.6 is 0 Å². The number of hydrogen-bond acceptors (Lipinski definition) is 3. The van der Waals surface area contributed by atoms with Gasteiger partial charge >= 0.3 is 0 Å². The summed E-state index contributed by atoms with van der Waals surface area (Å²) in [7, 11) is 1.47. The zero-order valence-electron chi connectivity index (χ0n) is 7.04. The van der Waals surface area contributed by atoms with Crippen molar-refractivity contribution in [2.75, 3.05) is 18.5 Å². The summed E-state index contributed by atoms with van der Waals surface area (Å²) in [6, 6.07) is 2.91. The SMILES string of the molecule is CN(CC(F)F)c1ccc(C=O)o1. The molecule has 0 spiro atoms. The molecule has 1 aromatic heterocycles. The minimum absolute atomic E-state index is 0.135. The smallest absolute Gasteiger partial charge is 0.255 e. The lowest BCUT2D eigenvalue weighted by molar-refractivity contribution is 0.110. The Balaban J connectivity index is 2.65. The van der Waals surface area contributed by atoms with Gasteiger partial charge in [-0.1, -0.05) is 0 Å². The highest BCUT2D eigenvalue weighted by Gasteiger charge is 2.11. The summed E-state index contributed by atoms with van der Waals surface area (Å²) in [4.78, 5) is 11.5. The van der Waals surface area contributed by atoms with Gasteiger partial charge in [0.15, 0.2) is 17.9 Å². The molecule has 0 N–H and O–H groups in total. The summed E-state index contributed by atoms with van der Waals surface area (Å²) in [5.74, 6) is 0.401. The quantitative estimate of drug-likeness (QED) is 0.677. The summed E-state index contributed by atoms with van der Waals surface area (Å²) in [6.07, 6.45) is -1.89. The van der Waals surface area contributed by atoms with Crippen LogP contribution in [0.4, 0.5) is 14.7 Å². The molecule has 72 valence electrons. The zero-order valence-corrected chi connectivity index (χ0v) is 7.04. The highest BCUT2D eigenvalue weighted by atomic mass is 19.3. The number of anilines is 1. The van der Waals surface area contributed by atoms with Crippen LogP contribution in [0.3, 0.4) is 0 Å². The Hall–Kier alpha value is -1.39. The van der Waals surface area contributed by atoms with Gasteiger partial charge in [-0.25, -0.2) is 8.78 Å². The van der Waals surface area contributed by atoms with Crippen molar-refractivity contribution in [2.45, 2.75) is 6.43 Å². The second-order valence-electron chi connectivity index (χ2n) is 2.57. The van der Waals surface area contributed by atoms with Gasteiger partial charge < -0.3 is 9.32 Å². The molecule has 0 radical (unpaired) electrons.